The topological polar surface area (TPSA) is 46.6 Å². The molecule has 1 amide bonds. The van der Waals surface area contributed by atoms with Crippen LogP contribution in [0.15, 0.2) is 24.3 Å². The predicted molar refractivity (Wildman–Crippen MR) is 81.1 cm³/mol. The molecule has 5 heteroatoms. The van der Waals surface area contributed by atoms with Crippen LogP contribution in [0.3, 0.4) is 0 Å². The van der Waals surface area contributed by atoms with Crippen LogP contribution in [0.4, 0.5) is 4.79 Å². The van der Waals surface area contributed by atoms with Crippen molar-refractivity contribution in [2.24, 2.45) is 0 Å². The molecule has 1 atom stereocenters. The third-order valence-electron chi connectivity index (χ3n) is 4.05. The third kappa shape index (κ3) is 2.77. The molecule has 0 heterocycles. The predicted octanol–water partition coefficient (Wildman–Crippen LogP) is 3.58. The average Bonchev–Trinajstić information content (AvgIpc) is 2.48. The van der Waals surface area contributed by atoms with Crippen molar-refractivity contribution in [2.45, 2.75) is 31.2 Å². The summed E-state index contributed by atoms with van der Waals surface area (Å²) >= 11 is 6.29. The highest BCUT2D eigenvalue weighted by molar-refractivity contribution is 6.31. The van der Waals surface area contributed by atoms with Gasteiger partial charge in [-0.1, -0.05) is 29.8 Å². The Bertz CT molecular complexity index is 546. The Balaban J connectivity index is 2.52. The first-order valence-electron chi connectivity index (χ1n) is 7.02. The second-order valence-corrected chi connectivity index (χ2v) is 5.55. The Morgan fingerprint density at radius 1 is 1.43 bits per heavy atom. The van der Waals surface area contributed by atoms with E-state index in [2.05, 4.69) is 6.92 Å². The normalized spacial score (nSPS) is 22.0. The number of ketones is 1. The van der Waals surface area contributed by atoms with Crippen LogP contribution >= 0.6 is 11.6 Å². The zero-order valence-corrected chi connectivity index (χ0v) is 12.9. The number of ether oxygens (including phenoxy) is 1. The van der Waals surface area contributed by atoms with Crippen molar-refractivity contribution in [3.05, 3.63) is 41.8 Å². The zero-order chi connectivity index (χ0) is 15.5. The Labute approximate surface area is 130 Å². The Morgan fingerprint density at radius 3 is 2.76 bits per heavy atom. The summed E-state index contributed by atoms with van der Waals surface area (Å²) in [6.45, 7) is 3.53. The highest BCUT2D eigenvalue weighted by atomic mass is 35.5. The summed E-state index contributed by atoms with van der Waals surface area (Å²) in [5.74, 6) is 0.00497. The molecule has 4 nitrogen and oxygen atoms in total. The van der Waals surface area contributed by atoms with Gasteiger partial charge in [0.25, 0.3) is 0 Å². The van der Waals surface area contributed by atoms with Crippen LogP contribution in [-0.2, 0) is 15.1 Å². The van der Waals surface area contributed by atoms with Crippen LogP contribution in [0.1, 0.15) is 31.2 Å². The lowest BCUT2D eigenvalue weighted by Crippen LogP contribution is -2.54. The van der Waals surface area contributed by atoms with E-state index in [4.69, 9.17) is 16.3 Å². The van der Waals surface area contributed by atoms with E-state index in [1.807, 2.05) is 6.07 Å². The lowest BCUT2D eigenvalue weighted by Gasteiger charge is -2.43. The van der Waals surface area contributed by atoms with Crippen molar-refractivity contribution >= 4 is 23.5 Å². The first kappa shape index (κ1) is 15.8. The maximum absolute atomic E-state index is 12.7. The zero-order valence-electron chi connectivity index (χ0n) is 12.1. The highest BCUT2D eigenvalue weighted by Crippen LogP contribution is 2.42. The molecule has 1 radical (unpaired) electrons. The van der Waals surface area contributed by atoms with Crippen molar-refractivity contribution in [3.8, 4) is 0 Å². The fourth-order valence-electron chi connectivity index (χ4n) is 2.97. The number of hydrogen-bond acceptors (Lipinski definition) is 3. The number of benzene rings is 1. The summed E-state index contributed by atoms with van der Waals surface area (Å²) in [6, 6.07) is 7.17. The molecule has 0 saturated heterocycles. The number of halogens is 1. The molecule has 1 aliphatic carbocycles. The molecular formula is C16H19ClNO3. The smallest absolute Gasteiger partial charge is 0.410 e. The number of nitrogens with zero attached hydrogens (tertiary/aromatic N) is 1. The van der Waals surface area contributed by atoms with Crippen LogP contribution in [0, 0.1) is 6.92 Å². The molecule has 0 unspecified atom stereocenters. The number of amides is 1. The Morgan fingerprint density at radius 2 is 2.14 bits per heavy atom. The third-order valence-corrected chi connectivity index (χ3v) is 4.37. The monoisotopic (exact) mass is 308 g/mol. The quantitative estimate of drug-likeness (QED) is 0.857. The van der Waals surface area contributed by atoms with E-state index < -0.39 is 11.6 Å². The molecule has 1 aromatic carbocycles. The van der Waals surface area contributed by atoms with E-state index in [1.165, 1.54) is 4.90 Å². The number of carbonyl (C=O) groups is 2. The van der Waals surface area contributed by atoms with E-state index in [0.717, 1.165) is 12.8 Å². The minimum absolute atomic E-state index is 0.00497. The molecule has 113 valence electrons. The van der Waals surface area contributed by atoms with E-state index in [9.17, 15) is 9.59 Å². The molecule has 21 heavy (non-hydrogen) atoms. The van der Waals surface area contributed by atoms with Gasteiger partial charge < -0.3 is 4.74 Å². The van der Waals surface area contributed by atoms with Gasteiger partial charge in [0.15, 0.2) is 5.78 Å². The molecule has 1 aliphatic rings. The standard InChI is InChI=1S/C16H19ClNO3/c1-3-21-15(20)18(2)16(11-7-6-10-14(16)19)12-8-4-5-9-13(12)17/h4-5,8-9H,1,3,6-7,10-11H2,2H3/t16-/m0/s1. The molecule has 1 fully saturated rings. The van der Waals surface area contributed by atoms with Crippen LogP contribution < -0.4 is 0 Å². The summed E-state index contributed by atoms with van der Waals surface area (Å²) in [5.41, 5.74) is -0.372. The second-order valence-electron chi connectivity index (χ2n) is 5.14. The van der Waals surface area contributed by atoms with Gasteiger partial charge in [-0.2, -0.15) is 0 Å². The van der Waals surface area contributed by atoms with E-state index in [-0.39, 0.29) is 12.4 Å². The summed E-state index contributed by atoms with van der Waals surface area (Å²) in [4.78, 5) is 26.2. The fourth-order valence-corrected chi connectivity index (χ4v) is 3.26. The van der Waals surface area contributed by atoms with Gasteiger partial charge in [0.2, 0.25) is 0 Å². The van der Waals surface area contributed by atoms with Crippen molar-refractivity contribution in [2.75, 3.05) is 13.7 Å². The molecule has 1 saturated carbocycles. The maximum atomic E-state index is 12.7. The average molecular weight is 309 g/mol. The van der Waals surface area contributed by atoms with E-state index >= 15 is 0 Å². The van der Waals surface area contributed by atoms with Crippen LogP contribution in [0.2, 0.25) is 5.02 Å². The number of carbonyl (C=O) groups excluding carboxylic acids is 2. The molecule has 2 rings (SSSR count). The largest absolute Gasteiger partial charge is 0.449 e. The fraction of sp³-hybridized carbons (Fsp3) is 0.438. The van der Waals surface area contributed by atoms with Gasteiger partial charge in [-0.3, -0.25) is 9.69 Å². The van der Waals surface area contributed by atoms with Crippen LogP contribution in [0.5, 0.6) is 0 Å². The van der Waals surface area contributed by atoms with E-state index in [0.29, 0.717) is 23.4 Å². The van der Waals surface area contributed by atoms with Gasteiger partial charge in [-0.05, 0) is 32.3 Å². The van der Waals surface area contributed by atoms with E-state index in [1.54, 1.807) is 25.2 Å². The molecule has 1 aromatic rings. The summed E-state index contributed by atoms with van der Waals surface area (Å²) in [7, 11) is 1.59. The molecular weight excluding hydrogens is 290 g/mol. The molecule has 0 N–H and O–H groups in total. The molecule has 0 aliphatic heterocycles. The lowest BCUT2D eigenvalue weighted by molar-refractivity contribution is -0.133. The Hall–Kier alpha value is -1.55. The van der Waals surface area contributed by atoms with Gasteiger partial charge in [-0.15, -0.1) is 0 Å². The molecule has 0 aromatic heterocycles. The first-order valence-corrected chi connectivity index (χ1v) is 7.40. The summed E-state index contributed by atoms with van der Waals surface area (Å²) < 4.78 is 4.97. The van der Waals surface area contributed by atoms with Gasteiger partial charge >= 0.3 is 6.09 Å². The van der Waals surface area contributed by atoms with Gasteiger partial charge in [0, 0.05) is 24.1 Å². The SMILES string of the molecule is [CH2]COC(=O)N(C)[C@]1(c2ccccc2Cl)CCCCC1=O. The highest BCUT2D eigenvalue weighted by Gasteiger charge is 2.48. The number of Topliss-reactive ketones (excluding diaryl/α,β-unsaturated/α-hetero) is 1. The van der Waals surface area contributed by atoms with Crippen molar-refractivity contribution in [1.29, 1.82) is 0 Å². The number of hydrogen-bond donors (Lipinski definition) is 0. The molecule has 0 bridgehead atoms. The minimum Gasteiger partial charge on any atom is -0.449 e. The number of likely N-dealkylation sites (N-methyl/N-ethyl adjacent to an activating group) is 1. The van der Waals surface area contributed by atoms with Gasteiger partial charge in [0.05, 0.1) is 6.61 Å². The first-order chi connectivity index (χ1) is 10.0. The molecule has 0 spiro atoms. The van der Waals surface area contributed by atoms with Crippen molar-refractivity contribution in [3.63, 3.8) is 0 Å². The van der Waals surface area contributed by atoms with Crippen LogP contribution in [-0.4, -0.2) is 30.4 Å². The minimum atomic E-state index is -1.04. The van der Waals surface area contributed by atoms with Gasteiger partial charge in [0.1, 0.15) is 5.54 Å². The second kappa shape index (κ2) is 6.48. The summed E-state index contributed by atoms with van der Waals surface area (Å²) in [5, 5.41) is 0.488. The van der Waals surface area contributed by atoms with Crippen molar-refractivity contribution < 1.29 is 14.3 Å². The maximum Gasteiger partial charge on any atom is 0.410 e. The summed E-state index contributed by atoms with van der Waals surface area (Å²) in [6.07, 6.45) is 2.13. The number of rotatable bonds is 3. The van der Waals surface area contributed by atoms with Gasteiger partial charge in [-0.25, -0.2) is 4.79 Å². The van der Waals surface area contributed by atoms with Crippen molar-refractivity contribution in [1.82, 2.24) is 4.90 Å². The lowest BCUT2D eigenvalue weighted by atomic mass is 9.74. The Kier molecular flexibility index (Phi) is 4.88. The van der Waals surface area contributed by atoms with Crippen LogP contribution in [0.25, 0.3) is 0 Å².